The van der Waals surface area contributed by atoms with Crippen molar-refractivity contribution < 1.29 is 9.63 Å². The number of Topliss-reactive ketones (excluding diaryl/α,β-unsaturated/α-hetero) is 1. The number of hydroxylamine groups is 1. The van der Waals surface area contributed by atoms with Crippen LogP contribution in [-0.2, 0) is 9.63 Å². The van der Waals surface area contributed by atoms with Crippen LogP contribution < -0.4 is 11.2 Å². The van der Waals surface area contributed by atoms with Crippen molar-refractivity contribution in [1.82, 2.24) is 5.48 Å². The van der Waals surface area contributed by atoms with Crippen LogP contribution in [0, 0.1) is 40.4 Å². The molecule has 146 valence electrons. The Labute approximate surface area is 158 Å². The first kappa shape index (κ1) is 18.5. The number of fused-ring (bicyclic) bond motifs is 5. The molecule has 7 atom stereocenters. The normalized spacial score (nSPS) is 47.6. The average molecular weight is 361 g/mol. The fourth-order valence-corrected chi connectivity index (χ4v) is 7.28. The van der Waals surface area contributed by atoms with Crippen molar-refractivity contribution >= 4 is 5.78 Å². The van der Waals surface area contributed by atoms with E-state index >= 15 is 0 Å². The van der Waals surface area contributed by atoms with Crippen LogP contribution in [0.1, 0.15) is 65.7 Å². The summed E-state index contributed by atoms with van der Waals surface area (Å²) in [5.41, 5.74) is 10.3. The van der Waals surface area contributed by atoms with E-state index in [1.165, 1.54) is 25.0 Å². The molecule has 4 aliphatic rings. The molecule has 0 spiro atoms. The summed E-state index contributed by atoms with van der Waals surface area (Å²) in [4.78, 5) is 18.1. The number of allylic oxidation sites excluding steroid dienone is 2. The maximum atomic E-state index is 12.6. The molecule has 2 unspecified atom stereocenters. The summed E-state index contributed by atoms with van der Waals surface area (Å²) >= 11 is 0. The molecule has 0 amide bonds. The highest BCUT2D eigenvalue weighted by molar-refractivity contribution is 5.87. The largest absolute Gasteiger partial charge is 0.328 e. The maximum Gasteiger partial charge on any atom is 0.139 e. The molecule has 4 nitrogen and oxygen atoms in total. The molecule has 0 heterocycles. The van der Waals surface area contributed by atoms with Crippen molar-refractivity contribution in [3.05, 3.63) is 11.8 Å². The summed E-state index contributed by atoms with van der Waals surface area (Å²) in [5.74, 6) is 4.00. The van der Waals surface area contributed by atoms with Gasteiger partial charge in [-0.25, -0.2) is 0 Å². The van der Waals surface area contributed by atoms with Gasteiger partial charge in [0.2, 0.25) is 0 Å². The summed E-state index contributed by atoms with van der Waals surface area (Å²) in [5, 5.41) is 0. The smallest absolute Gasteiger partial charge is 0.139 e. The van der Waals surface area contributed by atoms with Gasteiger partial charge in [0.1, 0.15) is 5.78 Å². The Hall–Kier alpha value is -0.870. The van der Waals surface area contributed by atoms with Crippen LogP contribution in [0.3, 0.4) is 0 Å². The molecule has 0 saturated heterocycles. The van der Waals surface area contributed by atoms with Crippen LogP contribution in [0.4, 0.5) is 0 Å². The van der Waals surface area contributed by atoms with Gasteiger partial charge in [0, 0.05) is 24.1 Å². The van der Waals surface area contributed by atoms with Crippen LogP contribution >= 0.6 is 0 Å². The molecule has 0 aromatic heterocycles. The molecule has 0 radical (unpaired) electrons. The van der Waals surface area contributed by atoms with Crippen molar-refractivity contribution in [2.75, 3.05) is 13.2 Å². The van der Waals surface area contributed by atoms with E-state index in [1.54, 1.807) is 0 Å². The summed E-state index contributed by atoms with van der Waals surface area (Å²) in [6, 6.07) is 0. The zero-order chi connectivity index (χ0) is 18.5. The van der Waals surface area contributed by atoms with Gasteiger partial charge in [-0.05, 0) is 73.5 Å². The van der Waals surface area contributed by atoms with E-state index in [4.69, 9.17) is 10.6 Å². The SMILES string of the molecule is CC1CC2C=C(NOCCN)CC[C@]2(C)[C@@H]2CC[C@]3(C)C(=O)CC[C@H]3[C@H]12. The Morgan fingerprint density at radius 2 is 2.04 bits per heavy atom. The summed E-state index contributed by atoms with van der Waals surface area (Å²) < 4.78 is 0. The maximum absolute atomic E-state index is 12.6. The first-order valence-corrected chi connectivity index (χ1v) is 10.7. The Morgan fingerprint density at radius 1 is 1.23 bits per heavy atom. The van der Waals surface area contributed by atoms with Gasteiger partial charge < -0.3 is 5.73 Å². The highest BCUT2D eigenvalue weighted by Gasteiger charge is 2.61. The van der Waals surface area contributed by atoms with Crippen molar-refractivity contribution in [2.45, 2.75) is 65.7 Å². The Kier molecular flexibility index (Phi) is 4.71. The van der Waals surface area contributed by atoms with E-state index in [2.05, 4.69) is 32.3 Å². The first-order valence-electron chi connectivity index (χ1n) is 10.7. The van der Waals surface area contributed by atoms with Crippen LogP contribution in [0.25, 0.3) is 0 Å². The standard InChI is InChI=1S/C22H36N2O2/c1-14-12-15-13-16(24-26-11-10-23)6-8-21(15,2)18-7-9-22(3)17(20(14)18)4-5-19(22)25/h13-15,17-18,20,24H,4-12,23H2,1-3H3/t14?,15?,17-,18+,20-,21-,22-/m0/s1. The number of hydrogen-bond donors (Lipinski definition) is 2. The van der Waals surface area contributed by atoms with Gasteiger partial charge in [-0.15, -0.1) is 0 Å². The lowest BCUT2D eigenvalue weighted by atomic mass is 9.44. The molecule has 26 heavy (non-hydrogen) atoms. The van der Waals surface area contributed by atoms with Gasteiger partial charge in [-0.1, -0.05) is 26.8 Å². The van der Waals surface area contributed by atoms with Gasteiger partial charge in [-0.2, -0.15) is 0 Å². The minimum absolute atomic E-state index is 0.0219. The molecule has 3 fully saturated rings. The topological polar surface area (TPSA) is 64.3 Å². The molecule has 0 aromatic rings. The molecular weight excluding hydrogens is 324 g/mol. The summed E-state index contributed by atoms with van der Waals surface area (Å²) in [6.07, 6.45) is 10.3. The third-order valence-electron chi connectivity index (χ3n) is 8.78. The molecule has 3 N–H and O–H groups in total. The van der Waals surface area contributed by atoms with Crippen molar-refractivity contribution in [3.63, 3.8) is 0 Å². The Balaban J connectivity index is 1.57. The fourth-order valence-electron chi connectivity index (χ4n) is 7.28. The Morgan fingerprint density at radius 3 is 2.81 bits per heavy atom. The first-order chi connectivity index (χ1) is 12.4. The van der Waals surface area contributed by atoms with Gasteiger partial charge in [-0.3, -0.25) is 15.1 Å². The molecule has 0 bridgehead atoms. The third kappa shape index (κ3) is 2.67. The van der Waals surface area contributed by atoms with E-state index in [-0.39, 0.29) is 5.41 Å². The van der Waals surface area contributed by atoms with E-state index in [1.807, 2.05) is 0 Å². The number of hydrogen-bond acceptors (Lipinski definition) is 4. The van der Waals surface area contributed by atoms with E-state index < -0.39 is 0 Å². The third-order valence-corrected chi connectivity index (χ3v) is 8.78. The van der Waals surface area contributed by atoms with Gasteiger partial charge in [0.25, 0.3) is 0 Å². The molecule has 4 rings (SSSR count). The quantitative estimate of drug-likeness (QED) is 0.591. The van der Waals surface area contributed by atoms with Gasteiger partial charge in [0.15, 0.2) is 0 Å². The lowest BCUT2D eigenvalue weighted by Crippen LogP contribution is -2.55. The van der Waals surface area contributed by atoms with Crippen LogP contribution in [0.5, 0.6) is 0 Å². The summed E-state index contributed by atoms with van der Waals surface area (Å²) in [6.45, 7) is 8.36. The molecule has 4 aliphatic carbocycles. The number of carbonyl (C=O) groups excluding carboxylic acids is 1. The van der Waals surface area contributed by atoms with Gasteiger partial charge in [0.05, 0.1) is 6.61 Å². The van der Waals surface area contributed by atoms with Gasteiger partial charge >= 0.3 is 0 Å². The highest BCUT2D eigenvalue weighted by Crippen LogP contribution is 2.66. The number of ketones is 1. The predicted molar refractivity (Wildman–Crippen MR) is 103 cm³/mol. The monoisotopic (exact) mass is 360 g/mol. The predicted octanol–water partition coefficient (Wildman–Crippen LogP) is 3.82. The molecule has 4 heteroatoms. The number of carbonyl (C=O) groups is 1. The molecular formula is C22H36N2O2. The van der Waals surface area contributed by atoms with E-state index in [9.17, 15) is 4.79 Å². The van der Waals surface area contributed by atoms with E-state index in [0.717, 1.165) is 37.5 Å². The molecule has 3 saturated carbocycles. The minimum Gasteiger partial charge on any atom is -0.328 e. The lowest BCUT2D eigenvalue weighted by Gasteiger charge is -2.61. The summed E-state index contributed by atoms with van der Waals surface area (Å²) in [7, 11) is 0. The zero-order valence-corrected chi connectivity index (χ0v) is 16.7. The lowest BCUT2D eigenvalue weighted by molar-refractivity contribution is -0.140. The fraction of sp³-hybridized carbons (Fsp3) is 0.864. The highest BCUT2D eigenvalue weighted by atomic mass is 16.6. The zero-order valence-electron chi connectivity index (χ0n) is 16.7. The number of rotatable bonds is 4. The van der Waals surface area contributed by atoms with Crippen molar-refractivity contribution in [1.29, 1.82) is 0 Å². The minimum atomic E-state index is -0.0219. The number of nitrogens with one attached hydrogen (secondary N) is 1. The second-order valence-corrected chi connectivity index (χ2v) is 9.96. The van der Waals surface area contributed by atoms with E-state index in [0.29, 0.717) is 42.1 Å². The average Bonchev–Trinajstić information content (AvgIpc) is 2.92. The number of nitrogens with two attached hydrogens (primary N) is 1. The molecule has 0 aliphatic heterocycles. The van der Waals surface area contributed by atoms with Crippen LogP contribution in [-0.4, -0.2) is 18.9 Å². The second kappa shape index (κ2) is 6.63. The van der Waals surface area contributed by atoms with Crippen LogP contribution in [0.15, 0.2) is 11.8 Å². The molecule has 0 aromatic carbocycles. The Bertz CT molecular complexity index is 603. The van der Waals surface area contributed by atoms with Crippen molar-refractivity contribution in [3.8, 4) is 0 Å². The second-order valence-electron chi connectivity index (χ2n) is 9.96. The van der Waals surface area contributed by atoms with Crippen molar-refractivity contribution in [2.24, 2.45) is 46.2 Å². The van der Waals surface area contributed by atoms with Crippen LogP contribution in [0.2, 0.25) is 0 Å².